The molecule has 0 aliphatic carbocycles. The maximum Gasteiger partial charge on any atom is 0.128 e. The summed E-state index contributed by atoms with van der Waals surface area (Å²) in [5.41, 5.74) is 0. The molecule has 0 bridgehead atoms. The van der Waals surface area contributed by atoms with Gasteiger partial charge in [0.2, 0.25) is 0 Å². The van der Waals surface area contributed by atoms with E-state index in [9.17, 15) is 0 Å². The van der Waals surface area contributed by atoms with Crippen LogP contribution in [0.4, 0.5) is 5.82 Å². The van der Waals surface area contributed by atoms with E-state index in [1.54, 1.807) is 0 Å². The molecule has 1 aromatic heterocycles. The molecule has 24 heavy (non-hydrogen) atoms. The highest BCUT2D eigenvalue weighted by Gasteiger charge is 2.07. The topological polar surface area (TPSA) is 19.4 Å². The minimum absolute atomic E-state index is 1.06. The SMILES string of the molecule is CCCCCCCCCCCCN(CCN(C)C)c1ccccn1. The van der Waals surface area contributed by atoms with Gasteiger partial charge in [-0.15, -0.1) is 0 Å². The lowest BCUT2D eigenvalue weighted by Crippen LogP contribution is -2.33. The Balaban J connectivity index is 2.14. The summed E-state index contributed by atoms with van der Waals surface area (Å²) in [5, 5.41) is 0. The number of rotatable bonds is 15. The van der Waals surface area contributed by atoms with Crippen molar-refractivity contribution < 1.29 is 0 Å². The molecule has 0 N–H and O–H groups in total. The molecule has 1 heterocycles. The van der Waals surface area contributed by atoms with Crippen molar-refractivity contribution in [2.45, 2.75) is 71.1 Å². The molecule has 0 atom stereocenters. The molecule has 0 saturated heterocycles. The lowest BCUT2D eigenvalue weighted by molar-refractivity contribution is 0.411. The van der Waals surface area contributed by atoms with Crippen molar-refractivity contribution in [1.82, 2.24) is 9.88 Å². The van der Waals surface area contributed by atoms with Gasteiger partial charge in [0.05, 0.1) is 0 Å². The van der Waals surface area contributed by atoms with Crippen molar-refractivity contribution in [2.24, 2.45) is 0 Å². The Morgan fingerprint density at radius 1 is 0.750 bits per heavy atom. The predicted octanol–water partition coefficient (Wildman–Crippen LogP) is 5.37. The maximum absolute atomic E-state index is 4.53. The van der Waals surface area contributed by atoms with Gasteiger partial charge in [-0.2, -0.15) is 0 Å². The summed E-state index contributed by atoms with van der Waals surface area (Å²) in [5.74, 6) is 1.12. The van der Waals surface area contributed by atoms with Crippen LogP contribution < -0.4 is 4.90 Å². The first-order valence-electron chi connectivity index (χ1n) is 10.0. The molecule has 0 aromatic carbocycles. The fourth-order valence-electron chi connectivity index (χ4n) is 2.99. The van der Waals surface area contributed by atoms with Crippen molar-refractivity contribution >= 4 is 5.82 Å². The van der Waals surface area contributed by atoms with Crippen LogP contribution in [-0.2, 0) is 0 Å². The number of nitrogens with zero attached hydrogens (tertiary/aromatic N) is 3. The van der Waals surface area contributed by atoms with Gasteiger partial charge in [-0.05, 0) is 32.6 Å². The number of hydrogen-bond acceptors (Lipinski definition) is 3. The molecule has 0 saturated carbocycles. The van der Waals surface area contributed by atoms with Crippen LogP contribution in [0.15, 0.2) is 24.4 Å². The molecule has 3 heteroatoms. The van der Waals surface area contributed by atoms with Crippen molar-refractivity contribution in [3.8, 4) is 0 Å². The quantitative estimate of drug-likeness (QED) is 0.402. The Kier molecular flexibility index (Phi) is 12.5. The first-order chi connectivity index (χ1) is 11.7. The first-order valence-corrected chi connectivity index (χ1v) is 10.0. The second-order valence-corrected chi connectivity index (χ2v) is 7.16. The molecule has 0 fully saturated rings. The lowest BCUT2D eigenvalue weighted by Gasteiger charge is -2.25. The molecule has 0 aliphatic heterocycles. The zero-order valence-corrected chi connectivity index (χ0v) is 16.3. The standard InChI is InChI=1S/C21H39N3/c1-4-5-6-7-8-9-10-11-12-15-18-24(20-19-23(2)3)21-16-13-14-17-22-21/h13-14,16-17H,4-12,15,18-20H2,1-3H3. The fraction of sp³-hybridized carbons (Fsp3) is 0.762. The van der Waals surface area contributed by atoms with E-state index in [1.807, 2.05) is 12.3 Å². The molecule has 138 valence electrons. The van der Waals surface area contributed by atoms with Crippen LogP contribution in [0.5, 0.6) is 0 Å². The van der Waals surface area contributed by atoms with Gasteiger partial charge >= 0.3 is 0 Å². The summed E-state index contributed by atoms with van der Waals surface area (Å²) in [7, 11) is 4.27. The van der Waals surface area contributed by atoms with Crippen molar-refractivity contribution in [1.29, 1.82) is 0 Å². The average Bonchev–Trinajstić information content (AvgIpc) is 2.59. The van der Waals surface area contributed by atoms with Gasteiger partial charge in [0.15, 0.2) is 0 Å². The van der Waals surface area contributed by atoms with E-state index in [4.69, 9.17) is 0 Å². The Bertz CT molecular complexity index is 378. The zero-order chi connectivity index (χ0) is 17.5. The van der Waals surface area contributed by atoms with Crippen LogP contribution >= 0.6 is 0 Å². The highest BCUT2D eigenvalue weighted by Crippen LogP contribution is 2.13. The van der Waals surface area contributed by atoms with Crippen LogP contribution in [0.25, 0.3) is 0 Å². The second-order valence-electron chi connectivity index (χ2n) is 7.16. The van der Waals surface area contributed by atoms with Crippen LogP contribution in [0.1, 0.15) is 71.1 Å². The second kappa shape index (κ2) is 14.3. The molecule has 0 spiro atoms. The molecule has 1 rings (SSSR count). The van der Waals surface area contributed by atoms with E-state index in [0.29, 0.717) is 0 Å². The van der Waals surface area contributed by atoms with E-state index in [1.165, 1.54) is 64.2 Å². The maximum atomic E-state index is 4.53. The van der Waals surface area contributed by atoms with E-state index in [0.717, 1.165) is 25.5 Å². The van der Waals surface area contributed by atoms with E-state index >= 15 is 0 Å². The number of unbranched alkanes of at least 4 members (excludes halogenated alkanes) is 9. The summed E-state index contributed by atoms with van der Waals surface area (Å²) in [6, 6.07) is 6.21. The number of likely N-dealkylation sites (N-methyl/N-ethyl adjacent to an activating group) is 1. The van der Waals surface area contributed by atoms with Crippen LogP contribution in [0.2, 0.25) is 0 Å². The predicted molar refractivity (Wildman–Crippen MR) is 107 cm³/mol. The van der Waals surface area contributed by atoms with Gasteiger partial charge in [-0.1, -0.05) is 70.8 Å². The zero-order valence-electron chi connectivity index (χ0n) is 16.3. The van der Waals surface area contributed by atoms with E-state index in [-0.39, 0.29) is 0 Å². The van der Waals surface area contributed by atoms with Crippen molar-refractivity contribution in [3.63, 3.8) is 0 Å². The third kappa shape index (κ3) is 10.6. The smallest absolute Gasteiger partial charge is 0.128 e. The van der Waals surface area contributed by atoms with E-state index < -0.39 is 0 Å². The third-order valence-corrected chi connectivity index (χ3v) is 4.57. The first kappa shape index (κ1) is 21.0. The Morgan fingerprint density at radius 3 is 1.92 bits per heavy atom. The third-order valence-electron chi connectivity index (χ3n) is 4.57. The monoisotopic (exact) mass is 333 g/mol. The van der Waals surface area contributed by atoms with Gasteiger partial charge in [-0.25, -0.2) is 4.98 Å². The van der Waals surface area contributed by atoms with Gasteiger partial charge in [0.25, 0.3) is 0 Å². The molecule has 0 aliphatic rings. The molecule has 0 unspecified atom stereocenters. The molecule has 0 amide bonds. The summed E-state index contributed by atoms with van der Waals surface area (Å²) in [6.07, 6.45) is 15.8. The van der Waals surface area contributed by atoms with Gasteiger partial charge < -0.3 is 9.80 Å². The molecule has 1 aromatic rings. The number of anilines is 1. The normalized spacial score (nSPS) is 11.2. The molecule has 3 nitrogen and oxygen atoms in total. The summed E-state index contributed by atoms with van der Waals surface area (Å²) < 4.78 is 0. The van der Waals surface area contributed by atoms with Crippen LogP contribution in [0.3, 0.4) is 0 Å². The van der Waals surface area contributed by atoms with Gasteiger partial charge in [0.1, 0.15) is 5.82 Å². The molecular weight excluding hydrogens is 294 g/mol. The number of aromatic nitrogens is 1. The minimum Gasteiger partial charge on any atom is -0.355 e. The largest absolute Gasteiger partial charge is 0.355 e. The van der Waals surface area contributed by atoms with E-state index in [2.05, 4.69) is 47.9 Å². The van der Waals surface area contributed by atoms with Crippen molar-refractivity contribution in [2.75, 3.05) is 38.6 Å². The minimum atomic E-state index is 1.06. The number of pyridine rings is 1. The lowest BCUT2D eigenvalue weighted by atomic mass is 10.1. The molecular formula is C21H39N3. The van der Waals surface area contributed by atoms with Crippen molar-refractivity contribution in [3.05, 3.63) is 24.4 Å². The fourth-order valence-corrected chi connectivity index (χ4v) is 2.99. The highest BCUT2D eigenvalue weighted by atomic mass is 15.2. The van der Waals surface area contributed by atoms with Crippen LogP contribution in [0, 0.1) is 0 Å². The summed E-state index contributed by atoms with van der Waals surface area (Å²) in [6.45, 7) is 5.55. The van der Waals surface area contributed by atoms with Gasteiger partial charge in [0, 0.05) is 25.8 Å². The summed E-state index contributed by atoms with van der Waals surface area (Å²) in [4.78, 5) is 9.21. The molecule has 0 radical (unpaired) electrons. The van der Waals surface area contributed by atoms with Gasteiger partial charge in [-0.3, -0.25) is 0 Å². The Labute approximate surface area is 150 Å². The number of hydrogen-bond donors (Lipinski definition) is 0. The summed E-state index contributed by atoms with van der Waals surface area (Å²) >= 11 is 0. The Hall–Kier alpha value is -1.09. The Morgan fingerprint density at radius 2 is 1.38 bits per heavy atom. The average molecular weight is 334 g/mol. The highest BCUT2D eigenvalue weighted by molar-refractivity contribution is 5.37. The van der Waals surface area contributed by atoms with Crippen LogP contribution in [-0.4, -0.2) is 43.6 Å².